The summed E-state index contributed by atoms with van der Waals surface area (Å²) in [7, 11) is 2.04. The normalized spacial score (nSPS) is 12.4. The number of rotatable bonds is 7. The van der Waals surface area contributed by atoms with E-state index in [4.69, 9.17) is 11.6 Å². The molecule has 0 amide bonds. The minimum Gasteiger partial charge on any atom is -0.351 e. The Morgan fingerprint density at radius 2 is 2.29 bits per heavy atom. The summed E-state index contributed by atoms with van der Waals surface area (Å²) in [4.78, 5) is 7.98. The Morgan fingerprint density at radius 1 is 1.48 bits per heavy atom. The second-order valence-corrected chi connectivity index (χ2v) is 6.51. The minimum atomic E-state index is 0.263. The van der Waals surface area contributed by atoms with E-state index in [0.29, 0.717) is 5.02 Å². The quantitative estimate of drug-likeness (QED) is 0.761. The molecule has 0 fully saturated rings. The van der Waals surface area contributed by atoms with Gasteiger partial charge >= 0.3 is 0 Å². The molecule has 3 nitrogen and oxygen atoms in total. The SMILES string of the molecule is CCCNCc1cnc(N(C)C(C)c2cccs2)c(Cl)c1. The van der Waals surface area contributed by atoms with E-state index in [0.717, 1.165) is 30.9 Å². The van der Waals surface area contributed by atoms with Gasteiger partial charge in [-0.2, -0.15) is 0 Å². The largest absolute Gasteiger partial charge is 0.351 e. The number of nitrogens with one attached hydrogen (secondary N) is 1. The van der Waals surface area contributed by atoms with Gasteiger partial charge in [-0.15, -0.1) is 11.3 Å². The molecular formula is C16H22ClN3S. The molecule has 2 rings (SSSR count). The maximum Gasteiger partial charge on any atom is 0.147 e. The average molecular weight is 324 g/mol. The highest BCUT2D eigenvalue weighted by Gasteiger charge is 2.17. The van der Waals surface area contributed by atoms with Crippen LogP contribution in [-0.2, 0) is 6.54 Å². The molecule has 0 saturated heterocycles. The molecule has 5 heteroatoms. The first kappa shape index (κ1) is 16.3. The van der Waals surface area contributed by atoms with E-state index in [1.807, 2.05) is 19.3 Å². The first-order valence-electron chi connectivity index (χ1n) is 7.24. The fraction of sp³-hybridized carbons (Fsp3) is 0.438. The van der Waals surface area contributed by atoms with Crippen LogP contribution in [0.4, 0.5) is 5.82 Å². The van der Waals surface area contributed by atoms with E-state index in [1.54, 1.807) is 11.3 Å². The molecule has 0 aromatic carbocycles. The van der Waals surface area contributed by atoms with Gasteiger partial charge in [-0.1, -0.05) is 24.6 Å². The van der Waals surface area contributed by atoms with Gasteiger partial charge in [-0.3, -0.25) is 0 Å². The predicted molar refractivity (Wildman–Crippen MR) is 92.4 cm³/mol. The van der Waals surface area contributed by atoms with Gasteiger partial charge in [0.25, 0.3) is 0 Å². The van der Waals surface area contributed by atoms with Gasteiger partial charge < -0.3 is 10.2 Å². The summed E-state index contributed by atoms with van der Waals surface area (Å²) < 4.78 is 0. The minimum absolute atomic E-state index is 0.263. The van der Waals surface area contributed by atoms with Crippen molar-refractivity contribution in [3.8, 4) is 0 Å². The molecule has 0 radical (unpaired) electrons. The monoisotopic (exact) mass is 323 g/mol. The Bertz CT molecular complexity index is 557. The molecule has 0 aliphatic heterocycles. The van der Waals surface area contributed by atoms with Crippen molar-refractivity contribution < 1.29 is 0 Å². The molecule has 1 atom stereocenters. The summed E-state index contributed by atoms with van der Waals surface area (Å²) in [6.45, 7) is 6.14. The van der Waals surface area contributed by atoms with Crippen LogP contribution in [0, 0.1) is 0 Å². The zero-order valence-corrected chi connectivity index (χ0v) is 14.3. The second kappa shape index (κ2) is 7.78. The topological polar surface area (TPSA) is 28.2 Å². The van der Waals surface area contributed by atoms with Crippen LogP contribution < -0.4 is 10.2 Å². The Balaban J connectivity index is 2.09. The van der Waals surface area contributed by atoms with E-state index in [9.17, 15) is 0 Å². The molecule has 2 heterocycles. The van der Waals surface area contributed by atoms with Gasteiger partial charge in [0.05, 0.1) is 11.1 Å². The van der Waals surface area contributed by atoms with Crippen LogP contribution >= 0.6 is 22.9 Å². The van der Waals surface area contributed by atoms with Gasteiger partial charge in [0.2, 0.25) is 0 Å². The van der Waals surface area contributed by atoms with Gasteiger partial charge in [-0.25, -0.2) is 4.98 Å². The summed E-state index contributed by atoms with van der Waals surface area (Å²) in [5.74, 6) is 0.830. The van der Waals surface area contributed by atoms with Crippen molar-refractivity contribution in [2.24, 2.45) is 0 Å². The van der Waals surface area contributed by atoms with E-state index in [2.05, 4.69) is 46.6 Å². The van der Waals surface area contributed by atoms with Crippen LogP contribution in [0.1, 0.15) is 36.8 Å². The number of thiophene rings is 1. The van der Waals surface area contributed by atoms with Gasteiger partial charge in [0.15, 0.2) is 0 Å². The molecule has 0 saturated carbocycles. The number of hydrogen-bond donors (Lipinski definition) is 1. The van der Waals surface area contributed by atoms with Crippen LogP contribution in [0.25, 0.3) is 0 Å². The molecule has 0 spiro atoms. The number of anilines is 1. The third-order valence-corrected chi connectivity index (χ3v) is 4.82. The van der Waals surface area contributed by atoms with Gasteiger partial charge in [-0.05, 0) is 43.0 Å². The maximum atomic E-state index is 6.41. The molecule has 1 N–H and O–H groups in total. The first-order valence-corrected chi connectivity index (χ1v) is 8.50. The van der Waals surface area contributed by atoms with Gasteiger partial charge in [0, 0.05) is 24.7 Å². The highest BCUT2D eigenvalue weighted by atomic mass is 35.5. The van der Waals surface area contributed by atoms with Crippen LogP contribution in [0.15, 0.2) is 29.8 Å². The summed E-state index contributed by atoms with van der Waals surface area (Å²) in [5.41, 5.74) is 1.12. The smallest absolute Gasteiger partial charge is 0.147 e. The number of pyridine rings is 1. The lowest BCUT2D eigenvalue weighted by Gasteiger charge is -2.26. The standard InChI is InChI=1S/C16H22ClN3S/c1-4-7-18-10-13-9-14(17)16(19-11-13)20(3)12(2)15-6-5-8-21-15/h5-6,8-9,11-12,18H,4,7,10H2,1-3H3. The van der Waals surface area contributed by atoms with Crippen molar-refractivity contribution in [1.29, 1.82) is 0 Å². The molecule has 2 aromatic rings. The predicted octanol–water partition coefficient (Wildman–Crippen LogP) is 4.49. The molecule has 0 bridgehead atoms. The molecular weight excluding hydrogens is 302 g/mol. The van der Waals surface area contributed by atoms with Crippen molar-refractivity contribution in [2.45, 2.75) is 32.9 Å². The Kier molecular flexibility index (Phi) is 6.03. The number of hydrogen-bond acceptors (Lipinski definition) is 4. The number of nitrogens with zero attached hydrogens (tertiary/aromatic N) is 2. The zero-order chi connectivity index (χ0) is 15.2. The molecule has 21 heavy (non-hydrogen) atoms. The fourth-order valence-corrected chi connectivity index (χ4v) is 3.29. The second-order valence-electron chi connectivity index (χ2n) is 5.13. The highest BCUT2D eigenvalue weighted by molar-refractivity contribution is 7.10. The Morgan fingerprint density at radius 3 is 2.90 bits per heavy atom. The van der Waals surface area contributed by atoms with Crippen LogP contribution in [0.3, 0.4) is 0 Å². The lowest BCUT2D eigenvalue weighted by atomic mass is 10.2. The van der Waals surface area contributed by atoms with E-state index in [-0.39, 0.29) is 6.04 Å². The Hall–Kier alpha value is -1.10. The third-order valence-electron chi connectivity index (χ3n) is 3.50. The molecule has 0 aliphatic carbocycles. The fourth-order valence-electron chi connectivity index (χ4n) is 2.14. The van der Waals surface area contributed by atoms with E-state index >= 15 is 0 Å². The molecule has 1 unspecified atom stereocenters. The Labute approximate surface area is 136 Å². The van der Waals surface area contributed by atoms with Crippen molar-refractivity contribution >= 4 is 28.8 Å². The number of halogens is 1. The molecule has 2 aromatic heterocycles. The summed E-state index contributed by atoms with van der Waals surface area (Å²) >= 11 is 8.17. The van der Waals surface area contributed by atoms with Crippen LogP contribution in [0.2, 0.25) is 5.02 Å². The van der Waals surface area contributed by atoms with Crippen molar-refractivity contribution in [3.63, 3.8) is 0 Å². The van der Waals surface area contributed by atoms with Gasteiger partial charge in [0.1, 0.15) is 5.82 Å². The highest BCUT2D eigenvalue weighted by Crippen LogP contribution is 2.31. The van der Waals surface area contributed by atoms with E-state index in [1.165, 1.54) is 4.88 Å². The summed E-state index contributed by atoms with van der Waals surface area (Å²) in [5, 5.41) is 6.16. The van der Waals surface area contributed by atoms with Crippen LogP contribution in [-0.4, -0.2) is 18.6 Å². The maximum absolute atomic E-state index is 6.41. The van der Waals surface area contributed by atoms with E-state index < -0.39 is 0 Å². The summed E-state index contributed by atoms with van der Waals surface area (Å²) in [6, 6.07) is 6.48. The van der Waals surface area contributed by atoms with Crippen molar-refractivity contribution in [1.82, 2.24) is 10.3 Å². The molecule has 0 aliphatic rings. The van der Waals surface area contributed by atoms with Crippen molar-refractivity contribution in [3.05, 3.63) is 45.2 Å². The first-order chi connectivity index (χ1) is 10.1. The molecule has 114 valence electrons. The number of aromatic nitrogens is 1. The van der Waals surface area contributed by atoms with Crippen LogP contribution in [0.5, 0.6) is 0 Å². The van der Waals surface area contributed by atoms with Crippen molar-refractivity contribution in [2.75, 3.05) is 18.5 Å². The zero-order valence-electron chi connectivity index (χ0n) is 12.8. The lowest BCUT2D eigenvalue weighted by molar-refractivity contribution is 0.673. The third kappa shape index (κ3) is 4.19. The lowest BCUT2D eigenvalue weighted by Crippen LogP contribution is -2.22. The summed E-state index contributed by atoms with van der Waals surface area (Å²) in [6.07, 6.45) is 3.03. The average Bonchev–Trinajstić information content (AvgIpc) is 3.00.